The standard InChI is InChI=1S/C38H28Cl2N2O4/c1-37-27(21-11-5-3-6-12-21)28(22-13-7-4-8-14-22)38(2,31-29(37)33(43)41(35(31)45)25-17-9-15-23(39)19-25)32-30(37)34(44)42(36(32)46)26-18-10-16-24(40)20-26/h3-20,29-32H,1-2H3. The van der Waals surface area contributed by atoms with Gasteiger partial charge in [-0.05, 0) is 58.7 Å². The molecule has 4 unspecified atom stereocenters. The number of hydrogen-bond donors (Lipinski definition) is 0. The summed E-state index contributed by atoms with van der Waals surface area (Å²) in [6.45, 7) is 3.82. The highest BCUT2D eigenvalue weighted by molar-refractivity contribution is 6.33. The fourth-order valence-electron chi connectivity index (χ4n) is 9.16. The van der Waals surface area contributed by atoms with E-state index in [0.717, 1.165) is 22.3 Å². The third-order valence-electron chi connectivity index (χ3n) is 10.8. The SMILES string of the molecule is CC12C(c3ccccc3)=C(c3ccccc3)C(C)(C3C(=O)N(c4cccc(Cl)c4)C(=O)C31)C1C(=O)N(c3cccc(Cl)c3)C(=O)C12. The molecule has 4 atom stereocenters. The van der Waals surface area contributed by atoms with Gasteiger partial charge in [-0.15, -0.1) is 0 Å². The van der Waals surface area contributed by atoms with Crippen molar-refractivity contribution in [2.24, 2.45) is 34.5 Å². The Kier molecular flexibility index (Phi) is 6.28. The highest BCUT2D eigenvalue weighted by Crippen LogP contribution is 2.76. The fraction of sp³-hybridized carbons (Fsp3) is 0.211. The number of anilines is 2. The van der Waals surface area contributed by atoms with Crippen LogP contribution in [0.5, 0.6) is 0 Å². The Morgan fingerprint density at radius 1 is 0.478 bits per heavy atom. The first-order valence-electron chi connectivity index (χ1n) is 15.2. The monoisotopic (exact) mass is 646 g/mol. The molecular formula is C38H28Cl2N2O4. The molecule has 4 amide bonds. The van der Waals surface area contributed by atoms with E-state index >= 15 is 0 Å². The van der Waals surface area contributed by atoms with Gasteiger partial charge in [-0.1, -0.05) is 110 Å². The van der Waals surface area contributed by atoms with Crippen LogP contribution in [0.25, 0.3) is 11.1 Å². The van der Waals surface area contributed by atoms with Gasteiger partial charge < -0.3 is 0 Å². The number of hydrogen-bond acceptors (Lipinski definition) is 4. The Hall–Kier alpha value is -4.52. The molecule has 0 spiro atoms. The van der Waals surface area contributed by atoms with Gasteiger partial charge in [-0.3, -0.25) is 19.2 Å². The summed E-state index contributed by atoms with van der Waals surface area (Å²) >= 11 is 12.7. The third-order valence-corrected chi connectivity index (χ3v) is 11.3. The second kappa shape index (κ2) is 9.99. The Bertz CT molecular complexity index is 1840. The van der Waals surface area contributed by atoms with Crippen molar-refractivity contribution >= 4 is 69.4 Å². The summed E-state index contributed by atoms with van der Waals surface area (Å²) in [7, 11) is 0. The largest absolute Gasteiger partial charge is 0.274 e. The molecule has 2 aliphatic heterocycles. The van der Waals surface area contributed by atoms with Gasteiger partial charge in [-0.2, -0.15) is 0 Å². The molecule has 5 aliphatic rings. The van der Waals surface area contributed by atoms with Gasteiger partial charge in [0.25, 0.3) is 0 Å². The molecule has 0 aromatic heterocycles. The van der Waals surface area contributed by atoms with Crippen molar-refractivity contribution in [1.29, 1.82) is 0 Å². The van der Waals surface area contributed by atoms with Gasteiger partial charge >= 0.3 is 0 Å². The average Bonchev–Trinajstić information content (AvgIpc) is 3.49. The summed E-state index contributed by atoms with van der Waals surface area (Å²) in [5.74, 6) is -5.24. The highest BCUT2D eigenvalue weighted by Gasteiger charge is 2.80. The van der Waals surface area contributed by atoms with E-state index in [4.69, 9.17) is 23.2 Å². The third kappa shape index (κ3) is 3.60. The number of rotatable bonds is 4. The topological polar surface area (TPSA) is 74.8 Å². The summed E-state index contributed by atoms with van der Waals surface area (Å²) in [6.07, 6.45) is 0. The van der Waals surface area contributed by atoms with Crippen LogP contribution < -0.4 is 9.80 Å². The smallest absolute Gasteiger partial charge is 0.238 e. The second-order valence-corrected chi connectivity index (χ2v) is 13.8. The summed E-state index contributed by atoms with van der Waals surface area (Å²) in [6, 6.07) is 32.8. The first kappa shape index (κ1) is 28.9. The minimum atomic E-state index is -1.24. The molecule has 46 heavy (non-hydrogen) atoms. The zero-order chi connectivity index (χ0) is 32.1. The first-order valence-corrected chi connectivity index (χ1v) is 16.0. The molecule has 3 aliphatic carbocycles. The van der Waals surface area contributed by atoms with E-state index in [1.54, 1.807) is 48.5 Å². The Labute approximate surface area is 276 Å². The van der Waals surface area contributed by atoms with Crippen LogP contribution in [0.2, 0.25) is 10.0 Å². The molecule has 4 aromatic carbocycles. The zero-order valence-electron chi connectivity index (χ0n) is 25.0. The summed E-state index contributed by atoms with van der Waals surface area (Å²) in [5, 5.41) is 0.779. The minimum Gasteiger partial charge on any atom is -0.274 e. The molecule has 8 heteroatoms. The highest BCUT2D eigenvalue weighted by atomic mass is 35.5. The lowest BCUT2D eigenvalue weighted by atomic mass is 9.36. The number of amides is 4. The van der Waals surface area contributed by atoms with Crippen LogP contribution in [-0.4, -0.2) is 23.6 Å². The molecule has 1 saturated carbocycles. The summed E-state index contributed by atoms with van der Waals surface area (Å²) in [5.41, 5.74) is 1.58. The maximum Gasteiger partial charge on any atom is 0.238 e. The van der Waals surface area contributed by atoms with Crippen molar-refractivity contribution in [3.63, 3.8) is 0 Å². The molecule has 2 bridgehead atoms. The quantitative estimate of drug-likeness (QED) is 0.215. The van der Waals surface area contributed by atoms with Crippen LogP contribution in [0.4, 0.5) is 11.4 Å². The van der Waals surface area contributed by atoms with Crippen molar-refractivity contribution in [1.82, 2.24) is 0 Å². The average molecular weight is 648 g/mol. The zero-order valence-corrected chi connectivity index (χ0v) is 26.5. The van der Waals surface area contributed by atoms with Gasteiger partial charge in [0.05, 0.1) is 35.0 Å². The van der Waals surface area contributed by atoms with Gasteiger partial charge in [-0.25, -0.2) is 9.80 Å². The maximum absolute atomic E-state index is 14.8. The molecule has 2 saturated heterocycles. The molecule has 0 N–H and O–H groups in total. The van der Waals surface area contributed by atoms with E-state index in [9.17, 15) is 19.2 Å². The molecule has 2 heterocycles. The second-order valence-electron chi connectivity index (χ2n) is 12.9. The molecule has 3 fully saturated rings. The predicted molar refractivity (Wildman–Crippen MR) is 178 cm³/mol. The number of carbonyl (C=O) groups is 4. The van der Waals surface area contributed by atoms with Crippen molar-refractivity contribution in [2.75, 3.05) is 9.80 Å². The van der Waals surface area contributed by atoms with Crippen molar-refractivity contribution in [3.8, 4) is 0 Å². The number of carbonyl (C=O) groups excluding carboxylic acids is 4. The normalized spacial score (nSPS) is 29.9. The van der Waals surface area contributed by atoms with E-state index in [-0.39, 0.29) is 0 Å². The lowest BCUT2D eigenvalue weighted by Gasteiger charge is -2.62. The van der Waals surface area contributed by atoms with Gasteiger partial charge in [0.2, 0.25) is 23.6 Å². The number of allylic oxidation sites excluding steroid dienone is 2. The minimum absolute atomic E-state index is 0.370. The summed E-state index contributed by atoms with van der Waals surface area (Å²) in [4.78, 5) is 61.7. The van der Waals surface area contributed by atoms with Crippen molar-refractivity contribution in [2.45, 2.75) is 13.8 Å². The molecule has 9 rings (SSSR count). The molecule has 0 radical (unpaired) electrons. The van der Waals surface area contributed by atoms with Crippen molar-refractivity contribution in [3.05, 3.63) is 130 Å². The van der Waals surface area contributed by atoms with E-state index in [1.165, 1.54) is 9.80 Å². The van der Waals surface area contributed by atoms with Crippen LogP contribution in [0.3, 0.4) is 0 Å². The molecule has 6 nitrogen and oxygen atoms in total. The first-order chi connectivity index (χ1) is 22.1. The van der Waals surface area contributed by atoms with Crippen molar-refractivity contribution < 1.29 is 19.2 Å². The van der Waals surface area contributed by atoms with Crippen LogP contribution in [-0.2, 0) is 19.2 Å². The Morgan fingerprint density at radius 2 is 0.804 bits per heavy atom. The van der Waals surface area contributed by atoms with E-state index in [2.05, 4.69) is 0 Å². The van der Waals surface area contributed by atoms with Crippen LogP contribution >= 0.6 is 23.2 Å². The molecular weight excluding hydrogens is 619 g/mol. The summed E-state index contributed by atoms with van der Waals surface area (Å²) < 4.78 is 0. The Balaban J connectivity index is 1.46. The predicted octanol–water partition coefficient (Wildman–Crippen LogP) is 7.56. The van der Waals surface area contributed by atoms with E-state index < -0.39 is 58.1 Å². The number of nitrogens with zero attached hydrogens (tertiary/aromatic N) is 2. The van der Waals surface area contributed by atoms with E-state index in [0.29, 0.717) is 21.4 Å². The van der Waals surface area contributed by atoms with E-state index in [1.807, 2.05) is 74.5 Å². The number of benzene rings is 4. The maximum atomic E-state index is 14.8. The van der Waals surface area contributed by atoms with Gasteiger partial charge in [0, 0.05) is 20.9 Å². The van der Waals surface area contributed by atoms with Crippen LogP contribution in [0.1, 0.15) is 25.0 Å². The van der Waals surface area contributed by atoms with Crippen LogP contribution in [0, 0.1) is 34.5 Å². The van der Waals surface area contributed by atoms with Crippen LogP contribution in [0.15, 0.2) is 109 Å². The lowest BCUT2D eigenvalue weighted by molar-refractivity contribution is -0.151. The Morgan fingerprint density at radius 3 is 1.11 bits per heavy atom. The van der Waals surface area contributed by atoms with Gasteiger partial charge in [0.15, 0.2) is 0 Å². The molecule has 228 valence electrons. The molecule has 4 aromatic rings. The number of halogens is 2. The van der Waals surface area contributed by atoms with Gasteiger partial charge in [0.1, 0.15) is 0 Å². The lowest BCUT2D eigenvalue weighted by Crippen LogP contribution is -2.64. The number of imide groups is 2. The fourth-order valence-corrected chi connectivity index (χ4v) is 9.53.